The molecule has 0 aliphatic carbocycles. The summed E-state index contributed by atoms with van der Waals surface area (Å²) >= 11 is 8.18. The summed E-state index contributed by atoms with van der Waals surface area (Å²) in [4.78, 5) is 23.6. The molecule has 1 saturated heterocycles. The molecule has 0 saturated carbocycles. The van der Waals surface area contributed by atoms with E-state index in [1.165, 1.54) is 0 Å². The fourth-order valence-electron chi connectivity index (χ4n) is 3.23. The lowest BCUT2D eigenvalue weighted by Crippen LogP contribution is -2.63. The zero-order valence-corrected chi connectivity index (χ0v) is 26.4. The molecule has 0 unspecified atom stereocenters. The van der Waals surface area contributed by atoms with Crippen LogP contribution in [0, 0.1) is 14.3 Å². The molecule has 0 spiro atoms. The number of aliphatic carboxylic acids is 1. The first-order chi connectivity index (χ1) is 16.8. The second kappa shape index (κ2) is 12.7. The van der Waals surface area contributed by atoms with E-state index in [0.717, 1.165) is 7.14 Å². The average molecular weight is 952 g/mol. The van der Waals surface area contributed by atoms with E-state index in [9.17, 15) is 35.1 Å². The molecule has 0 radical (unpaired) electrons. The molecule has 196 valence electrons. The fourth-order valence-corrected chi connectivity index (χ4v) is 7.05. The highest BCUT2D eigenvalue weighted by molar-refractivity contribution is 14.1. The van der Waals surface area contributed by atoms with Crippen LogP contribution in [0.2, 0.25) is 0 Å². The molecule has 1 aliphatic rings. The highest BCUT2D eigenvalue weighted by Gasteiger charge is 2.46. The molecule has 0 amide bonds. The quantitative estimate of drug-likeness (QED) is 0.193. The van der Waals surface area contributed by atoms with Crippen molar-refractivity contribution in [1.82, 2.24) is 0 Å². The minimum absolute atomic E-state index is 0.0258. The van der Waals surface area contributed by atoms with E-state index in [4.69, 9.17) is 19.9 Å². The van der Waals surface area contributed by atoms with Crippen LogP contribution in [0.4, 0.5) is 0 Å². The molecule has 1 heterocycles. The molecule has 1 fully saturated rings. The predicted octanol–water partition coefficient (Wildman–Crippen LogP) is 0.573. The van der Waals surface area contributed by atoms with Gasteiger partial charge in [-0.1, -0.05) is 0 Å². The number of phenols is 1. The van der Waals surface area contributed by atoms with Gasteiger partial charge >= 0.3 is 5.97 Å². The second-order valence-corrected chi connectivity index (χ2v) is 12.3. The molecule has 6 N–H and O–H groups in total. The molecule has 1 aliphatic heterocycles. The van der Waals surface area contributed by atoms with Gasteiger partial charge in [-0.15, -0.1) is 0 Å². The van der Waals surface area contributed by atoms with E-state index in [-0.39, 0.29) is 12.2 Å². The first-order valence-electron chi connectivity index (χ1n) is 10.0. The summed E-state index contributed by atoms with van der Waals surface area (Å²) in [5.74, 6) is -1.57. The van der Waals surface area contributed by atoms with Crippen LogP contribution in [-0.2, 0) is 25.5 Å². The number of hydrogen-bond acceptors (Lipinski definition) is 11. The third kappa shape index (κ3) is 7.01. The van der Waals surface area contributed by atoms with Crippen LogP contribution >= 0.6 is 90.4 Å². The maximum Gasteiger partial charge on any atom is 0.325 e. The van der Waals surface area contributed by atoms with Crippen molar-refractivity contribution in [3.8, 4) is 17.2 Å². The predicted molar refractivity (Wildman–Crippen MR) is 155 cm³/mol. The number of nitrogens with two attached hydrogens (primary N) is 1. The first kappa shape index (κ1) is 30.2. The van der Waals surface area contributed by atoms with Gasteiger partial charge in [0, 0.05) is 0 Å². The van der Waals surface area contributed by atoms with Gasteiger partial charge in [0.25, 0.3) is 0 Å². The Balaban J connectivity index is 1.69. The Morgan fingerprint density at radius 1 is 0.972 bits per heavy atom. The van der Waals surface area contributed by atoms with Gasteiger partial charge in [0.1, 0.15) is 42.0 Å². The van der Waals surface area contributed by atoms with Crippen LogP contribution in [-0.4, -0.2) is 69.1 Å². The van der Waals surface area contributed by atoms with Crippen LogP contribution in [0.5, 0.6) is 17.2 Å². The van der Waals surface area contributed by atoms with E-state index >= 15 is 0 Å². The van der Waals surface area contributed by atoms with Crippen molar-refractivity contribution in [2.24, 2.45) is 5.73 Å². The fraction of sp³-hybridized carbons (Fsp3) is 0.333. The average Bonchev–Trinajstić information content (AvgIpc) is 2.79. The Kier molecular flexibility index (Phi) is 10.7. The van der Waals surface area contributed by atoms with Gasteiger partial charge in [0.2, 0.25) is 6.29 Å². The number of carboxylic acids is 1. The van der Waals surface area contributed by atoms with Crippen LogP contribution in [0.1, 0.15) is 5.56 Å². The molecule has 11 nitrogen and oxygen atoms in total. The number of carbonyl (C=O) groups excluding carboxylic acids is 2. The monoisotopic (exact) mass is 952 g/mol. The number of aliphatic hydroxyl groups is 3. The summed E-state index contributed by atoms with van der Waals surface area (Å²) < 4.78 is 18.6. The van der Waals surface area contributed by atoms with Gasteiger partial charge in [-0.25, -0.2) is 0 Å². The Hall–Kier alpha value is -0.300. The normalized spacial score (nSPS) is 24.7. The summed E-state index contributed by atoms with van der Waals surface area (Å²) in [7, 11) is 0. The number of ether oxygens (including phenoxy) is 3. The maximum atomic E-state index is 12.5. The number of carboxylic acid groups (broad SMARTS) is 1. The van der Waals surface area contributed by atoms with Crippen molar-refractivity contribution in [2.45, 2.75) is 43.2 Å². The number of aromatic hydroxyl groups is 1. The topological polar surface area (TPSA) is 192 Å². The molecule has 36 heavy (non-hydrogen) atoms. The van der Waals surface area contributed by atoms with Crippen molar-refractivity contribution in [3.05, 3.63) is 44.1 Å². The Morgan fingerprint density at radius 3 is 2.06 bits per heavy atom. The zero-order chi connectivity index (χ0) is 26.9. The standard InChI is InChI=1S/C21H19I4NO10/c22-8-4-7(5-9(23)13(8)27)34-17-10(24)1-6(2-11(17)25)3-12(26)20(33)36-21-16(30)14(28)15(29)18(35-21)19(31)32/h1-2,4-5,12,14-16,18,21,27-30H,3,26H2,(H,31,32)/p-1/t12-,14-,15-,16+,18-,21-/m0/s1. The van der Waals surface area contributed by atoms with Crippen LogP contribution in [0.3, 0.4) is 0 Å². The minimum atomic E-state index is -2.01. The van der Waals surface area contributed by atoms with Gasteiger partial charge in [0.05, 0.1) is 20.3 Å². The lowest BCUT2D eigenvalue weighted by molar-refractivity contribution is -0.346. The summed E-state index contributed by atoms with van der Waals surface area (Å²) in [5.41, 5.74) is 6.63. The summed E-state index contributed by atoms with van der Waals surface area (Å²) in [6.45, 7) is 0. The number of esters is 1. The third-order valence-electron chi connectivity index (χ3n) is 5.06. The van der Waals surface area contributed by atoms with Gasteiger partial charge < -0.3 is 50.3 Å². The Morgan fingerprint density at radius 2 is 1.53 bits per heavy atom. The first-order valence-corrected chi connectivity index (χ1v) is 14.3. The van der Waals surface area contributed by atoms with E-state index in [0.29, 0.717) is 24.2 Å². The summed E-state index contributed by atoms with van der Waals surface area (Å²) in [6.07, 6.45) is -9.64. The molecule has 2 aromatic carbocycles. The van der Waals surface area contributed by atoms with Gasteiger partial charge in [-0.2, -0.15) is 0 Å². The molecular weight excluding hydrogens is 934 g/mol. The molecule has 0 aromatic heterocycles. The van der Waals surface area contributed by atoms with Crippen molar-refractivity contribution in [2.75, 3.05) is 0 Å². The number of benzene rings is 2. The summed E-state index contributed by atoms with van der Waals surface area (Å²) in [6, 6.07) is 5.71. The number of carbonyl (C=O) groups is 2. The highest BCUT2D eigenvalue weighted by atomic mass is 127. The number of rotatable bonds is 7. The van der Waals surface area contributed by atoms with Crippen molar-refractivity contribution in [1.29, 1.82) is 0 Å². The molecule has 3 rings (SSSR count). The van der Waals surface area contributed by atoms with Crippen LogP contribution in [0.15, 0.2) is 24.3 Å². The van der Waals surface area contributed by atoms with E-state index in [1.807, 2.05) is 45.2 Å². The van der Waals surface area contributed by atoms with Gasteiger partial charge in [-0.3, -0.25) is 4.79 Å². The molecule has 6 atom stereocenters. The number of hydrogen-bond donors (Lipinski definition) is 5. The lowest BCUT2D eigenvalue weighted by atomic mass is 9.99. The van der Waals surface area contributed by atoms with Crippen molar-refractivity contribution < 1.29 is 49.3 Å². The third-order valence-corrected chi connectivity index (χ3v) is 8.31. The highest BCUT2D eigenvalue weighted by Crippen LogP contribution is 2.37. The van der Waals surface area contributed by atoms with Crippen molar-refractivity contribution in [3.63, 3.8) is 0 Å². The Bertz CT molecular complexity index is 1120. The molecular formula is C21H18I4NO10-. The zero-order valence-electron chi connectivity index (χ0n) is 17.8. The van der Waals surface area contributed by atoms with E-state index < -0.39 is 48.7 Å². The van der Waals surface area contributed by atoms with Gasteiger partial charge in [0.15, 0.2) is 5.75 Å². The van der Waals surface area contributed by atoms with Gasteiger partial charge in [-0.05, 0) is 127 Å². The summed E-state index contributed by atoms with van der Waals surface area (Å²) in [5, 5.41) is 50.6. The van der Waals surface area contributed by atoms with E-state index in [1.54, 1.807) is 24.3 Å². The second-order valence-electron chi connectivity index (χ2n) is 7.69. The number of aliphatic hydroxyl groups excluding tert-OH is 3. The van der Waals surface area contributed by atoms with Crippen LogP contribution < -0.4 is 15.6 Å². The largest absolute Gasteiger partial charge is 0.547 e. The smallest absolute Gasteiger partial charge is 0.325 e. The number of halogens is 4. The van der Waals surface area contributed by atoms with Crippen molar-refractivity contribution >= 4 is 102 Å². The SMILES string of the molecule is N[C@@H](Cc1cc(I)c(Oc2cc(I)c(O)c(I)c2)c(I)c1)C(=O)O[C@@H]1O[C@H](C(=O)[O-])[C@@H](O)[C@H](O)[C@H]1O. The molecule has 2 aromatic rings. The van der Waals surface area contributed by atoms with E-state index in [2.05, 4.69) is 45.2 Å². The minimum Gasteiger partial charge on any atom is -0.547 e. The molecule has 0 bridgehead atoms. The lowest BCUT2D eigenvalue weighted by Gasteiger charge is -2.40. The molecule has 15 heteroatoms. The van der Waals surface area contributed by atoms with Crippen LogP contribution in [0.25, 0.3) is 0 Å². The Labute approximate surface area is 259 Å². The maximum absolute atomic E-state index is 12.5. The number of phenolic OH excluding ortho intramolecular Hbond substituents is 1.